The molecule has 1 aliphatic heterocycles. The van der Waals surface area contributed by atoms with E-state index in [1.807, 2.05) is 18.2 Å². The number of fused-ring (bicyclic) bond motifs is 1. The molecule has 0 bridgehead atoms. The lowest BCUT2D eigenvalue weighted by atomic mass is 10.0. The topological polar surface area (TPSA) is 26.3 Å². The third-order valence-corrected chi connectivity index (χ3v) is 2.23. The quantitative estimate of drug-likeness (QED) is 0.507. The molecular formula is C11H10O2. The Morgan fingerprint density at radius 2 is 2.31 bits per heavy atom. The lowest BCUT2D eigenvalue weighted by Gasteiger charge is -2.02. The van der Waals surface area contributed by atoms with Gasteiger partial charge in [0.1, 0.15) is 0 Å². The molecule has 0 radical (unpaired) electrons. The van der Waals surface area contributed by atoms with Gasteiger partial charge in [0.05, 0.1) is 13.2 Å². The number of hydrogen-bond acceptors (Lipinski definition) is 2. The minimum atomic E-state index is -0.0256. The maximum absolute atomic E-state index is 11.4. The average Bonchev–Trinajstić information content (AvgIpc) is 2.63. The molecule has 0 spiro atoms. The third kappa shape index (κ3) is 1.29. The first-order chi connectivity index (χ1) is 6.33. The molecule has 0 unspecified atom stereocenters. The first-order valence-corrected chi connectivity index (χ1v) is 4.18. The molecular weight excluding hydrogens is 164 g/mol. The van der Waals surface area contributed by atoms with E-state index >= 15 is 0 Å². The second-order valence-electron chi connectivity index (χ2n) is 3.00. The normalized spacial score (nSPS) is 13.8. The summed E-state index contributed by atoms with van der Waals surface area (Å²) in [6.07, 6.45) is 1.34. The van der Waals surface area contributed by atoms with E-state index in [4.69, 9.17) is 4.74 Å². The number of carbonyl (C=O) groups is 1. The third-order valence-electron chi connectivity index (χ3n) is 2.23. The van der Waals surface area contributed by atoms with Gasteiger partial charge in [0.25, 0.3) is 0 Å². The highest BCUT2D eigenvalue weighted by Crippen LogP contribution is 2.23. The number of ether oxygens (including phenoxy) is 1. The van der Waals surface area contributed by atoms with Crippen molar-refractivity contribution in [3.8, 4) is 0 Å². The number of allylic oxidation sites excluding steroid dienone is 1. The molecule has 2 nitrogen and oxygen atoms in total. The first kappa shape index (κ1) is 8.20. The van der Waals surface area contributed by atoms with Crippen LogP contribution < -0.4 is 0 Å². The van der Waals surface area contributed by atoms with Gasteiger partial charge in [-0.15, -0.1) is 0 Å². The van der Waals surface area contributed by atoms with Gasteiger partial charge >= 0.3 is 0 Å². The zero-order chi connectivity index (χ0) is 9.26. The van der Waals surface area contributed by atoms with Gasteiger partial charge in [0, 0.05) is 5.56 Å². The highest BCUT2D eigenvalue weighted by molar-refractivity contribution is 6.05. The average molecular weight is 174 g/mol. The van der Waals surface area contributed by atoms with Crippen molar-refractivity contribution in [3.63, 3.8) is 0 Å². The predicted molar refractivity (Wildman–Crippen MR) is 49.5 cm³/mol. The fraction of sp³-hybridized carbons (Fsp3) is 0.182. The van der Waals surface area contributed by atoms with Crippen molar-refractivity contribution in [2.45, 2.75) is 13.2 Å². The second-order valence-corrected chi connectivity index (χ2v) is 3.00. The lowest BCUT2D eigenvalue weighted by Crippen LogP contribution is -1.99. The van der Waals surface area contributed by atoms with Crippen LogP contribution >= 0.6 is 0 Å². The Hall–Kier alpha value is -1.41. The van der Waals surface area contributed by atoms with Gasteiger partial charge in [-0.2, -0.15) is 0 Å². The summed E-state index contributed by atoms with van der Waals surface area (Å²) in [7, 11) is 0. The fourth-order valence-corrected chi connectivity index (χ4v) is 1.54. The number of ketones is 1. The van der Waals surface area contributed by atoms with Gasteiger partial charge < -0.3 is 4.74 Å². The molecule has 66 valence electrons. The van der Waals surface area contributed by atoms with Crippen molar-refractivity contribution < 1.29 is 9.53 Å². The zero-order valence-corrected chi connectivity index (χ0v) is 7.25. The van der Waals surface area contributed by atoms with Crippen molar-refractivity contribution in [2.75, 3.05) is 0 Å². The molecule has 0 saturated carbocycles. The van der Waals surface area contributed by atoms with E-state index < -0.39 is 0 Å². The van der Waals surface area contributed by atoms with E-state index in [0.29, 0.717) is 13.2 Å². The Balaban J connectivity index is 2.53. The van der Waals surface area contributed by atoms with Crippen LogP contribution in [0.5, 0.6) is 0 Å². The molecule has 1 aromatic carbocycles. The number of benzene rings is 1. The van der Waals surface area contributed by atoms with E-state index in [0.717, 1.165) is 16.7 Å². The van der Waals surface area contributed by atoms with Crippen LogP contribution in [0, 0.1) is 0 Å². The van der Waals surface area contributed by atoms with Crippen LogP contribution in [-0.4, -0.2) is 5.78 Å². The van der Waals surface area contributed by atoms with Crippen molar-refractivity contribution in [1.29, 1.82) is 0 Å². The SMILES string of the molecule is C=CC(=O)c1cccc2c1COC2. The molecule has 0 saturated heterocycles. The molecule has 1 aliphatic rings. The Kier molecular flexibility index (Phi) is 1.99. The molecule has 2 heteroatoms. The van der Waals surface area contributed by atoms with Crippen LogP contribution in [0.2, 0.25) is 0 Å². The molecule has 0 N–H and O–H groups in total. The summed E-state index contributed by atoms with van der Waals surface area (Å²) in [5, 5.41) is 0. The van der Waals surface area contributed by atoms with Gasteiger partial charge in [0.2, 0.25) is 0 Å². The summed E-state index contributed by atoms with van der Waals surface area (Å²) in [5.74, 6) is -0.0256. The molecule has 13 heavy (non-hydrogen) atoms. The van der Waals surface area contributed by atoms with Crippen LogP contribution in [0.25, 0.3) is 0 Å². The van der Waals surface area contributed by atoms with E-state index in [1.54, 1.807) is 0 Å². The minimum Gasteiger partial charge on any atom is -0.372 e. The number of hydrogen-bond donors (Lipinski definition) is 0. The standard InChI is InChI=1S/C11H10O2/c1-2-11(12)9-5-3-4-8-6-13-7-10(8)9/h2-5H,1,6-7H2. The van der Waals surface area contributed by atoms with Crippen molar-refractivity contribution in [3.05, 3.63) is 47.5 Å². The summed E-state index contributed by atoms with van der Waals surface area (Å²) >= 11 is 0. The summed E-state index contributed by atoms with van der Waals surface area (Å²) in [6, 6.07) is 5.68. The lowest BCUT2D eigenvalue weighted by molar-refractivity contribution is 0.104. The maximum atomic E-state index is 11.4. The van der Waals surface area contributed by atoms with Crippen molar-refractivity contribution in [2.24, 2.45) is 0 Å². The minimum absolute atomic E-state index is 0.0256. The van der Waals surface area contributed by atoms with Crippen molar-refractivity contribution >= 4 is 5.78 Å². The largest absolute Gasteiger partial charge is 0.372 e. The van der Waals surface area contributed by atoms with Crippen LogP contribution in [0.3, 0.4) is 0 Å². The number of carbonyl (C=O) groups excluding carboxylic acids is 1. The molecule has 0 amide bonds. The van der Waals surface area contributed by atoms with Gasteiger partial charge in [-0.3, -0.25) is 4.79 Å². The fourth-order valence-electron chi connectivity index (χ4n) is 1.54. The molecule has 0 aliphatic carbocycles. The van der Waals surface area contributed by atoms with Gasteiger partial charge in [0.15, 0.2) is 5.78 Å². The summed E-state index contributed by atoms with van der Waals surface area (Å²) in [6.45, 7) is 4.64. The highest BCUT2D eigenvalue weighted by atomic mass is 16.5. The molecule has 1 heterocycles. The molecule has 1 aromatic rings. The number of rotatable bonds is 2. The van der Waals surface area contributed by atoms with Gasteiger partial charge in [-0.05, 0) is 17.2 Å². The second kappa shape index (κ2) is 3.15. The Morgan fingerprint density at radius 3 is 3.08 bits per heavy atom. The summed E-state index contributed by atoms with van der Waals surface area (Å²) < 4.78 is 5.26. The first-order valence-electron chi connectivity index (χ1n) is 4.18. The highest BCUT2D eigenvalue weighted by Gasteiger charge is 2.17. The maximum Gasteiger partial charge on any atom is 0.185 e. The van der Waals surface area contributed by atoms with Gasteiger partial charge in [-0.25, -0.2) is 0 Å². The van der Waals surface area contributed by atoms with Crippen LogP contribution in [0.4, 0.5) is 0 Å². The van der Waals surface area contributed by atoms with Crippen molar-refractivity contribution in [1.82, 2.24) is 0 Å². The van der Waals surface area contributed by atoms with E-state index in [1.165, 1.54) is 6.08 Å². The Labute approximate surface area is 76.8 Å². The van der Waals surface area contributed by atoms with Crippen LogP contribution in [-0.2, 0) is 18.0 Å². The van der Waals surface area contributed by atoms with Gasteiger partial charge in [-0.1, -0.05) is 24.8 Å². The van der Waals surface area contributed by atoms with E-state index in [9.17, 15) is 4.79 Å². The molecule has 0 fully saturated rings. The molecule has 0 aromatic heterocycles. The molecule has 2 rings (SSSR count). The van der Waals surface area contributed by atoms with E-state index in [-0.39, 0.29) is 5.78 Å². The summed E-state index contributed by atoms with van der Waals surface area (Å²) in [5.41, 5.74) is 2.87. The smallest absolute Gasteiger partial charge is 0.185 e. The molecule has 0 atom stereocenters. The zero-order valence-electron chi connectivity index (χ0n) is 7.25. The predicted octanol–water partition coefficient (Wildman–Crippen LogP) is 2.09. The monoisotopic (exact) mass is 174 g/mol. The summed E-state index contributed by atoms with van der Waals surface area (Å²) in [4.78, 5) is 11.4. The Morgan fingerprint density at radius 1 is 1.46 bits per heavy atom. The Bertz CT molecular complexity index is 366. The van der Waals surface area contributed by atoms with E-state index in [2.05, 4.69) is 6.58 Å². The van der Waals surface area contributed by atoms with Crippen LogP contribution in [0.1, 0.15) is 21.5 Å². The van der Waals surface area contributed by atoms with Crippen LogP contribution in [0.15, 0.2) is 30.9 Å².